The second-order valence-electron chi connectivity index (χ2n) is 4.12. The molecular weight excluding hydrogens is 358 g/mol. The average molecular weight is 368 g/mol. The number of halogens is 1. The number of aryl methyl sites for hydroxylation is 1. The zero-order chi connectivity index (χ0) is 15.4. The van der Waals surface area contributed by atoms with Gasteiger partial charge in [-0.1, -0.05) is 0 Å². The van der Waals surface area contributed by atoms with Crippen molar-refractivity contribution in [1.29, 1.82) is 0 Å². The van der Waals surface area contributed by atoms with Crippen molar-refractivity contribution in [2.24, 2.45) is 5.10 Å². The number of carbonyl (C=O) groups excluding carboxylic acids is 1. The minimum absolute atomic E-state index is 0.0153. The molecule has 0 atom stereocenters. The van der Waals surface area contributed by atoms with E-state index in [4.69, 9.17) is 0 Å². The average Bonchev–Trinajstić information content (AvgIpc) is 2.83. The lowest BCUT2D eigenvalue weighted by molar-refractivity contribution is -0.385. The van der Waals surface area contributed by atoms with Crippen molar-refractivity contribution >= 4 is 45.1 Å². The van der Waals surface area contributed by atoms with Gasteiger partial charge in [0.15, 0.2) is 0 Å². The molecular formula is C13H10BrN3O3S. The van der Waals surface area contributed by atoms with Gasteiger partial charge in [0.2, 0.25) is 0 Å². The zero-order valence-corrected chi connectivity index (χ0v) is 13.3. The van der Waals surface area contributed by atoms with Crippen LogP contribution in [0.3, 0.4) is 0 Å². The topological polar surface area (TPSA) is 84.6 Å². The molecule has 1 aromatic carbocycles. The fourth-order valence-corrected chi connectivity index (χ4v) is 2.92. The second kappa shape index (κ2) is 6.59. The van der Waals surface area contributed by atoms with Crippen molar-refractivity contribution in [3.05, 3.63) is 60.2 Å². The van der Waals surface area contributed by atoms with Crippen LogP contribution in [0.4, 0.5) is 5.69 Å². The minimum atomic E-state index is -0.482. The molecule has 2 aromatic rings. The molecule has 108 valence electrons. The number of nitro groups is 1. The van der Waals surface area contributed by atoms with Crippen LogP contribution in [0.5, 0.6) is 0 Å². The Labute approximate surface area is 132 Å². The number of benzene rings is 1. The van der Waals surface area contributed by atoms with Gasteiger partial charge in [-0.2, -0.15) is 5.10 Å². The molecule has 0 spiro atoms. The van der Waals surface area contributed by atoms with E-state index < -0.39 is 10.8 Å². The SMILES string of the molecule is Cc1cc(C(=O)N/N=C\c2cc(Br)cs2)ccc1[N+](=O)[O-]. The Bertz CT molecular complexity index is 727. The monoisotopic (exact) mass is 367 g/mol. The summed E-state index contributed by atoms with van der Waals surface area (Å²) in [7, 11) is 0. The zero-order valence-electron chi connectivity index (χ0n) is 10.9. The maximum absolute atomic E-state index is 11.9. The van der Waals surface area contributed by atoms with Gasteiger partial charge < -0.3 is 0 Å². The molecule has 1 N–H and O–H groups in total. The molecule has 0 aliphatic carbocycles. The Kier molecular flexibility index (Phi) is 4.81. The molecule has 0 radical (unpaired) electrons. The lowest BCUT2D eigenvalue weighted by Crippen LogP contribution is -2.17. The van der Waals surface area contributed by atoms with E-state index in [9.17, 15) is 14.9 Å². The van der Waals surface area contributed by atoms with Gasteiger partial charge in [0, 0.05) is 31.9 Å². The largest absolute Gasteiger partial charge is 0.272 e. The van der Waals surface area contributed by atoms with E-state index in [1.54, 1.807) is 6.92 Å². The van der Waals surface area contributed by atoms with E-state index >= 15 is 0 Å². The Balaban J connectivity index is 2.05. The predicted molar refractivity (Wildman–Crippen MR) is 84.9 cm³/mol. The number of amides is 1. The highest BCUT2D eigenvalue weighted by Gasteiger charge is 2.13. The van der Waals surface area contributed by atoms with Crippen molar-refractivity contribution in [1.82, 2.24) is 5.43 Å². The summed E-state index contributed by atoms with van der Waals surface area (Å²) in [4.78, 5) is 23.0. The molecule has 2 rings (SSSR count). The van der Waals surface area contributed by atoms with Crippen LogP contribution >= 0.6 is 27.3 Å². The highest BCUT2D eigenvalue weighted by molar-refractivity contribution is 9.10. The van der Waals surface area contributed by atoms with E-state index in [1.807, 2.05) is 11.4 Å². The van der Waals surface area contributed by atoms with Crippen molar-refractivity contribution in [3.8, 4) is 0 Å². The van der Waals surface area contributed by atoms with Gasteiger partial charge in [-0.15, -0.1) is 11.3 Å². The summed E-state index contributed by atoms with van der Waals surface area (Å²) in [6, 6.07) is 6.04. The van der Waals surface area contributed by atoms with Gasteiger partial charge in [-0.05, 0) is 41.1 Å². The molecule has 0 saturated heterocycles. The maximum atomic E-state index is 11.9. The van der Waals surface area contributed by atoms with Crippen molar-refractivity contribution < 1.29 is 9.72 Å². The summed E-state index contributed by atoms with van der Waals surface area (Å²) < 4.78 is 0.950. The van der Waals surface area contributed by atoms with Crippen LogP contribution in [-0.2, 0) is 0 Å². The Hall–Kier alpha value is -2.06. The molecule has 6 nitrogen and oxygen atoms in total. The van der Waals surface area contributed by atoms with E-state index in [0.29, 0.717) is 11.1 Å². The van der Waals surface area contributed by atoms with Gasteiger partial charge in [-0.3, -0.25) is 14.9 Å². The molecule has 0 unspecified atom stereocenters. The molecule has 0 fully saturated rings. The van der Waals surface area contributed by atoms with E-state index in [-0.39, 0.29) is 5.69 Å². The molecule has 1 aromatic heterocycles. The molecule has 0 aliphatic heterocycles. The fourth-order valence-electron chi connectivity index (χ4n) is 1.62. The first-order valence-electron chi connectivity index (χ1n) is 5.80. The molecule has 0 aliphatic rings. The van der Waals surface area contributed by atoms with Gasteiger partial charge >= 0.3 is 0 Å². The number of nitrogens with one attached hydrogen (secondary N) is 1. The van der Waals surface area contributed by atoms with Crippen LogP contribution in [0.15, 0.2) is 39.2 Å². The number of hydrogen-bond donors (Lipinski definition) is 1. The van der Waals surface area contributed by atoms with Crippen LogP contribution < -0.4 is 5.43 Å². The number of carbonyl (C=O) groups is 1. The van der Waals surface area contributed by atoms with E-state index in [2.05, 4.69) is 26.5 Å². The van der Waals surface area contributed by atoms with Gasteiger partial charge in [-0.25, -0.2) is 5.43 Å². The quantitative estimate of drug-likeness (QED) is 0.509. The summed E-state index contributed by atoms with van der Waals surface area (Å²) in [6.45, 7) is 1.58. The molecule has 1 heterocycles. The van der Waals surface area contributed by atoms with E-state index in [0.717, 1.165) is 9.35 Å². The first-order valence-corrected chi connectivity index (χ1v) is 7.47. The Morgan fingerprint density at radius 3 is 2.81 bits per heavy atom. The van der Waals surface area contributed by atoms with Gasteiger partial charge in [0.1, 0.15) is 0 Å². The summed E-state index contributed by atoms with van der Waals surface area (Å²) in [5.41, 5.74) is 3.12. The third-order valence-electron chi connectivity index (χ3n) is 2.60. The molecule has 0 saturated carbocycles. The summed E-state index contributed by atoms with van der Waals surface area (Å²) >= 11 is 4.80. The molecule has 21 heavy (non-hydrogen) atoms. The first kappa shape index (κ1) is 15.3. The third-order valence-corrected chi connectivity index (χ3v) is 4.23. The highest BCUT2D eigenvalue weighted by Crippen LogP contribution is 2.19. The molecule has 1 amide bonds. The second-order valence-corrected chi connectivity index (χ2v) is 5.98. The predicted octanol–water partition coefficient (Wildman–Crippen LogP) is 3.49. The number of hydrazone groups is 1. The van der Waals surface area contributed by atoms with Crippen LogP contribution in [0.1, 0.15) is 20.8 Å². The van der Waals surface area contributed by atoms with Crippen molar-refractivity contribution in [2.45, 2.75) is 6.92 Å². The summed E-state index contributed by atoms with van der Waals surface area (Å²) in [6.07, 6.45) is 1.53. The standard InChI is InChI=1S/C13H10BrN3O3S/c1-8-4-9(2-3-12(8)17(19)20)13(18)16-15-6-11-5-10(14)7-21-11/h2-7H,1H3,(H,16,18)/b15-6-. The first-order chi connectivity index (χ1) is 9.97. The van der Waals surface area contributed by atoms with Crippen LogP contribution in [0, 0.1) is 17.0 Å². The Morgan fingerprint density at radius 2 is 2.24 bits per heavy atom. The molecule has 8 heteroatoms. The Morgan fingerprint density at radius 1 is 1.48 bits per heavy atom. The number of rotatable bonds is 4. The third kappa shape index (κ3) is 3.96. The lowest BCUT2D eigenvalue weighted by Gasteiger charge is -2.01. The van der Waals surface area contributed by atoms with Crippen LogP contribution in [0.2, 0.25) is 0 Å². The normalized spacial score (nSPS) is 10.8. The smallest absolute Gasteiger partial charge is 0.267 e. The number of nitro benzene ring substituents is 1. The molecule has 0 bridgehead atoms. The summed E-state index contributed by atoms with van der Waals surface area (Å²) in [5, 5.41) is 16.5. The van der Waals surface area contributed by atoms with Crippen molar-refractivity contribution in [2.75, 3.05) is 0 Å². The number of nitrogens with zero attached hydrogens (tertiary/aromatic N) is 2. The van der Waals surface area contributed by atoms with E-state index in [1.165, 1.54) is 35.8 Å². The minimum Gasteiger partial charge on any atom is -0.267 e. The number of hydrogen-bond acceptors (Lipinski definition) is 5. The van der Waals surface area contributed by atoms with Gasteiger partial charge in [0.25, 0.3) is 11.6 Å². The lowest BCUT2D eigenvalue weighted by atomic mass is 10.1. The number of thiophene rings is 1. The van der Waals surface area contributed by atoms with Crippen LogP contribution in [0.25, 0.3) is 0 Å². The van der Waals surface area contributed by atoms with Crippen LogP contribution in [-0.4, -0.2) is 17.0 Å². The fraction of sp³-hybridized carbons (Fsp3) is 0.0769. The van der Waals surface area contributed by atoms with Gasteiger partial charge in [0.05, 0.1) is 11.1 Å². The van der Waals surface area contributed by atoms with Crippen molar-refractivity contribution in [3.63, 3.8) is 0 Å². The maximum Gasteiger partial charge on any atom is 0.272 e. The summed E-state index contributed by atoms with van der Waals surface area (Å²) in [5.74, 6) is -0.417. The highest BCUT2D eigenvalue weighted by atomic mass is 79.9.